The van der Waals surface area contributed by atoms with Gasteiger partial charge in [-0.05, 0) is 0 Å². The molecule has 0 fully saturated rings. The van der Waals surface area contributed by atoms with E-state index in [0.717, 1.165) is 17.9 Å². The molecule has 0 spiro atoms. The van der Waals surface area contributed by atoms with Gasteiger partial charge in [0, 0.05) is 27.7 Å². The van der Waals surface area contributed by atoms with Crippen LogP contribution in [0.5, 0.6) is 0 Å². The molecule has 0 N–H and O–H groups in total. The number of nitrogens with zero attached hydrogens (tertiary/aromatic N) is 3. The molecule has 0 unspecified atom stereocenters. The molecule has 0 aliphatic carbocycles. The Hall–Kier alpha value is -1.29. The van der Waals surface area contributed by atoms with Gasteiger partial charge in [-0.3, -0.25) is 0 Å². The van der Waals surface area contributed by atoms with Gasteiger partial charge in [0.25, 0.3) is 0 Å². The summed E-state index contributed by atoms with van der Waals surface area (Å²) in [7, 11) is 5.65. The van der Waals surface area contributed by atoms with Gasteiger partial charge in [-0.25, -0.2) is 4.98 Å². The SMILES string of the molecule is C=C(c1cncn1C)N(C)CCOC. The van der Waals surface area contributed by atoms with E-state index in [0.29, 0.717) is 6.61 Å². The van der Waals surface area contributed by atoms with Crippen molar-refractivity contribution in [3.05, 3.63) is 24.8 Å². The highest BCUT2D eigenvalue weighted by Crippen LogP contribution is 2.13. The number of rotatable bonds is 5. The molecule has 0 atom stereocenters. The maximum atomic E-state index is 5.01. The van der Waals surface area contributed by atoms with E-state index < -0.39 is 0 Å². The lowest BCUT2D eigenvalue weighted by Crippen LogP contribution is -2.21. The summed E-state index contributed by atoms with van der Waals surface area (Å²) in [5.74, 6) is 0. The first-order valence-electron chi connectivity index (χ1n) is 4.52. The molecule has 0 saturated carbocycles. The van der Waals surface area contributed by atoms with Crippen molar-refractivity contribution < 1.29 is 4.74 Å². The normalized spacial score (nSPS) is 10.2. The maximum Gasteiger partial charge on any atom is 0.0948 e. The van der Waals surface area contributed by atoms with E-state index in [1.165, 1.54) is 0 Å². The molecule has 1 aromatic rings. The second-order valence-corrected chi connectivity index (χ2v) is 3.25. The number of hydrogen-bond acceptors (Lipinski definition) is 3. The second-order valence-electron chi connectivity index (χ2n) is 3.25. The summed E-state index contributed by atoms with van der Waals surface area (Å²) < 4.78 is 6.96. The Morgan fingerprint density at radius 3 is 2.93 bits per heavy atom. The first-order valence-corrected chi connectivity index (χ1v) is 4.52. The molecule has 0 saturated heterocycles. The number of methoxy groups -OCH3 is 1. The van der Waals surface area contributed by atoms with Crippen molar-refractivity contribution in [1.29, 1.82) is 0 Å². The minimum absolute atomic E-state index is 0.702. The van der Waals surface area contributed by atoms with Crippen molar-refractivity contribution >= 4 is 5.70 Å². The van der Waals surface area contributed by atoms with Crippen LogP contribution in [0.15, 0.2) is 19.1 Å². The molecule has 14 heavy (non-hydrogen) atoms. The molecule has 0 aliphatic rings. The van der Waals surface area contributed by atoms with Gasteiger partial charge in [0.05, 0.1) is 30.5 Å². The number of likely N-dealkylation sites (N-methyl/N-ethyl adjacent to an activating group) is 1. The van der Waals surface area contributed by atoms with Gasteiger partial charge >= 0.3 is 0 Å². The van der Waals surface area contributed by atoms with Gasteiger partial charge in [-0.1, -0.05) is 6.58 Å². The van der Waals surface area contributed by atoms with Crippen molar-refractivity contribution in [2.24, 2.45) is 7.05 Å². The van der Waals surface area contributed by atoms with Crippen molar-refractivity contribution in [2.75, 3.05) is 27.3 Å². The third kappa shape index (κ3) is 2.35. The van der Waals surface area contributed by atoms with Gasteiger partial charge in [0.2, 0.25) is 0 Å². The van der Waals surface area contributed by atoms with E-state index in [9.17, 15) is 0 Å². The highest BCUT2D eigenvalue weighted by molar-refractivity contribution is 5.57. The number of aromatic nitrogens is 2. The fourth-order valence-corrected chi connectivity index (χ4v) is 1.19. The predicted molar refractivity (Wildman–Crippen MR) is 56.7 cm³/mol. The second kappa shape index (κ2) is 4.81. The van der Waals surface area contributed by atoms with Crippen LogP contribution in [0.2, 0.25) is 0 Å². The molecule has 1 aromatic heterocycles. The molecule has 4 heteroatoms. The minimum Gasteiger partial charge on any atom is -0.383 e. The minimum atomic E-state index is 0.702. The zero-order valence-corrected chi connectivity index (χ0v) is 9.03. The lowest BCUT2D eigenvalue weighted by Gasteiger charge is -2.21. The average molecular weight is 195 g/mol. The molecule has 0 aromatic carbocycles. The molecule has 1 heterocycles. The van der Waals surface area contributed by atoms with E-state index in [4.69, 9.17) is 4.74 Å². The fourth-order valence-electron chi connectivity index (χ4n) is 1.19. The van der Waals surface area contributed by atoms with Crippen LogP contribution in [0.3, 0.4) is 0 Å². The highest BCUT2D eigenvalue weighted by atomic mass is 16.5. The predicted octanol–water partition coefficient (Wildman–Crippen LogP) is 0.969. The Kier molecular flexibility index (Phi) is 3.71. The molecule has 0 radical (unpaired) electrons. The van der Waals surface area contributed by atoms with Crippen LogP contribution in [0, 0.1) is 0 Å². The zero-order chi connectivity index (χ0) is 10.6. The molecule has 0 aliphatic heterocycles. The van der Waals surface area contributed by atoms with Gasteiger partial charge in [-0.15, -0.1) is 0 Å². The Bertz CT molecular complexity index is 306. The maximum absolute atomic E-state index is 5.01. The third-order valence-electron chi connectivity index (χ3n) is 2.20. The summed E-state index contributed by atoms with van der Waals surface area (Å²) in [6, 6.07) is 0. The first-order chi connectivity index (χ1) is 6.66. The van der Waals surface area contributed by atoms with Crippen LogP contribution >= 0.6 is 0 Å². The molecule has 0 amide bonds. The highest BCUT2D eigenvalue weighted by Gasteiger charge is 2.07. The number of ether oxygens (including phenoxy) is 1. The molecule has 0 bridgehead atoms. The van der Waals surface area contributed by atoms with E-state index >= 15 is 0 Å². The zero-order valence-electron chi connectivity index (χ0n) is 9.03. The molecular formula is C10H17N3O. The number of imidazole rings is 1. The summed E-state index contributed by atoms with van der Waals surface area (Å²) >= 11 is 0. The molecule has 1 rings (SSSR count). The quantitative estimate of drug-likeness (QED) is 0.701. The van der Waals surface area contributed by atoms with Crippen molar-refractivity contribution in [1.82, 2.24) is 14.5 Å². The van der Waals surface area contributed by atoms with Crippen LogP contribution in [0.4, 0.5) is 0 Å². The number of hydrogen-bond donors (Lipinski definition) is 0. The van der Waals surface area contributed by atoms with Crippen molar-refractivity contribution in [2.45, 2.75) is 0 Å². The van der Waals surface area contributed by atoms with Crippen LogP contribution < -0.4 is 0 Å². The van der Waals surface area contributed by atoms with E-state index in [1.54, 1.807) is 13.4 Å². The summed E-state index contributed by atoms with van der Waals surface area (Å²) in [5, 5.41) is 0. The smallest absolute Gasteiger partial charge is 0.0948 e. The summed E-state index contributed by atoms with van der Waals surface area (Å²) in [6.45, 7) is 5.56. The van der Waals surface area contributed by atoms with E-state index in [-0.39, 0.29) is 0 Å². The molecule has 4 nitrogen and oxygen atoms in total. The van der Waals surface area contributed by atoms with Gasteiger partial charge in [-0.2, -0.15) is 0 Å². The van der Waals surface area contributed by atoms with Crippen molar-refractivity contribution in [3.63, 3.8) is 0 Å². The summed E-state index contributed by atoms with van der Waals surface area (Å²) in [6.07, 6.45) is 3.58. The van der Waals surface area contributed by atoms with E-state index in [2.05, 4.69) is 16.5 Å². The van der Waals surface area contributed by atoms with Crippen molar-refractivity contribution in [3.8, 4) is 0 Å². The summed E-state index contributed by atoms with van der Waals surface area (Å²) in [5.41, 5.74) is 1.99. The fraction of sp³-hybridized carbons (Fsp3) is 0.500. The number of aryl methyl sites for hydroxylation is 1. The van der Waals surface area contributed by atoms with Crippen LogP contribution in [0.1, 0.15) is 5.69 Å². The van der Waals surface area contributed by atoms with Crippen LogP contribution in [0.25, 0.3) is 5.70 Å². The van der Waals surface area contributed by atoms with Crippen LogP contribution in [-0.2, 0) is 11.8 Å². The average Bonchev–Trinajstić information content (AvgIpc) is 2.59. The lowest BCUT2D eigenvalue weighted by molar-refractivity contribution is 0.180. The van der Waals surface area contributed by atoms with Gasteiger partial charge in [0.1, 0.15) is 0 Å². The Balaban J connectivity index is 2.61. The van der Waals surface area contributed by atoms with Gasteiger partial charge in [0.15, 0.2) is 0 Å². The monoisotopic (exact) mass is 195 g/mol. The first kappa shape index (κ1) is 10.8. The Labute approximate surface area is 84.8 Å². The Morgan fingerprint density at radius 1 is 1.71 bits per heavy atom. The summed E-state index contributed by atoms with van der Waals surface area (Å²) in [4.78, 5) is 6.11. The van der Waals surface area contributed by atoms with E-state index in [1.807, 2.05) is 24.9 Å². The third-order valence-corrected chi connectivity index (χ3v) is 2.20. The standard InChI is InChI=1S/C10H17N3O/c1-9(12(2)5-6-14-4)10-7-11-8-13(10)3/h7-8H,1,5-6H2,2-4H3. The largest absolute Gasteiger partial charge is 0.383 e. The molecular weight excluding hydrogens is 178 g/mol. The molecule has 78 valence electrons. The lowest BCUT2D eigenvalue weighted by atomic mass is 10.3. The van der Waals surface area contributed by atoms with Crippen LogP contribution in [-0.4, -0.2) is 41.8 Å². The topological polar surface area (TPSA) is 30.3 Å². The van der Waals surface area contributed by atoms with Gasteiger partial charge < -0.3 is 14.2 Å². The Morgan fingerprint density at radius 2 is 2.43 bits per heavy atom.